The molecule has 0 spiro atoms. The second kappa shape index (κ2) is 6.29. The summed E-state index contributed by atoms with van der Waals surface area (Å²) in [6.07, 6.45) is 1.89. The van der Waals surface area contributed by atoms with Crippen molar-refractivity contribution in [2.75, 3.05) is 5.32 Å². The molecule has 1 aliphatic heterocycles. The summed E-state index contributed by atoms with van der Waals surface area (Å²) in [6, 6.07) is 14.4. The van der Waals surface area contributed by atoms with Crippen molar-refractivity contribution in [1.82, 2.24) is 10.3 Å². The van der Waals surface area contributed by atoms with Crippen LogP contribution < -0.4 is 10.6 Å². The Labute approximate surface area is 148 Å². The standard InChI is InChI=1S/C19H16FN3OS/c1-11-13(12-6-2-4-8-15(12)21-11)10-17-18(24)23-19(25-17)22-16-9-5-3-7-14(16)20/h2-10,19,21-22H,1H3,(H,23,24)/b17-10-. The van der Waals surface area contributed by atoms with E-state index in [9.17, 15) is 9.18 Å². The lowest BCUT2D eigenvalue weighted by Gasteiger charge is -2.12. The van der Waals surface area contributed by atoms with Crippen LogP contribution >= 0.6 is 11.8 Å². The molecular formula is C19H16FN3OS. The summed E-state index contributed by atoms with van der Waals surface area (Å²) in [4.78, 5) is 16.2. The van der Waals surface area contributed by atoms with Gasteiger partial charge in [0, 0.05) is 22.2 Å². The highest BCUT2D eigenvalue weighted by Gasteiger charge is 2.28. The topological polar surface area (TPSA) is 56.9 Å². The summed E-state index contributed by atoms with van der Waals surface area (Å²) < 4.78 is 13.8. The zero-order valence-electron chi connectivity index (χ0n) is 13.5. The fraction of sp³-hybridized carbons (Fsp3) is 0.105. The Bertz CT molecular complexity index is 995. The van der Waals surface area contributed by atoms with E-state index < -0.39 is 5.50 Å². The fourth-order valence-electron chi connectivity index (χ4n) is 2.90. The van der Waals surface area contributed by atoms with Gasteiger partial charge in [-0.1, -0.05) is 42.1 Å². The molecule has 25 heavy (non-hydrogen) atoms. The normalized spacial score (nSPS) is 18.7. The highest BCUT2D eigenvalue weighted by atomic mass is 32.2. The molecule has 2 aromatic carbocycles. The summed E-state index contributed by atoms with van der Waals surface area (Å²) in [6.45, 7) is 1.99. The molecule has 0 radical (unpaired) electrons. The number of rotatable bonds is 3. The zero-order chi connectivity index (χ0) is 17.4. The minimum atomic E-state index is -0.402. The van der Waals surface area contributed by atoms with E-state index >= 15 is 0 Å². The Balaban J connectivity index is 1.61. The van der Waals surface area contributed by atoms with Crippen LogP contribution in [-0.4, -0.2) is 16.4 Å². The average Bonchev–Trinajstić information content (AvgIpc) is 3.10. The number of para-hydroxylation sites is 2. The smallest absolute Gasteiger partial charge is 0.260 e. The van der Waals surface area contributed by atoms with E-state index in [1.165, 1.54) is 17.8 Å². The molecule has 0 saturated carbocycles. The van der Waals surface area contributed by atoms with Crippen molar-refractivity contribution in [1.29, 1.82) is 0 Å². The number of aromatic nitrogens is 1. The molecule has 1 aromatic heterocycles. The number of hydrogen-bond donors (Lipinski definition) is 3. The van der Waals surface area contributed by atoms with E-state index in [1.807, 2.05) is 37.3 Å². The lowest BCUT2D eigenvalue weighted by molar-refractivity contribution is -0.116. The Kier molecular flexibility index (Phi) is 3.97. The lowest BCUT2D eigenvalue weighted by Crippen LogP contribution is -2.31. The third kappa shape index (κ3) is 3.00. The summed E-state index contributed by atoms with van der Waals surface area (Å²) >= 11 is 1.35. The molecule has 126 valence electrons. The first-order valence-corrected chi connectivity index (χ1v) is 8.77. The molecule has 4 nitrogen and oxygen atoms in total. The molecule has 2 heterocycles. The molecule has 1 saturated heterocycles. The van der Waals surface area contributed by atoms with E-state index in [4.69, 9.17) is 0 Å². The van der Waals surface area contributed by atoms with Crippen LogP contribution in [0.3, 0.4) is 0 Å². The van der Waals surface area contributed by atoms with E-state index in [1.54, 1.807) is 18.2 Å². The Morgan fingerprint density at radius 2 is 1.92 bits per heavy atom. The lowest BCUT2D eigenvalue weighted by atomic mass is 10.1. The number of carbonyl (C=O) groups excluding carboxylic acids is 1. The van der Waals surface area contributed by atoms with Crippen LogP contribution in [-0.2, 0) is 4.79 Å². The van der Waals surface area contributed by atoms with Gasteiger partial charge in [-0.05, 0) is 31.2 Å². The quantitative estimate of drug-likeness (QED) is 0.618. The molecule has 4 rings (SSSR count). The van der Waals surface area contributed by atoms with Crippen molar-refractivity contribution in [2.45, 2.75) is 12.4 Å². The predicted octanol–water partition coefficient (Wildman–Crippen LogP) is 4.22. The maximum Gasteiger partial charge on any atom is 0.260 e. The van der Waals surface area contributed by atoms with Crippen molar-refractivity contribution in [3.8, 4) is 0 Å². The Hall–Kier alpha value is -2.73. The number of aromatic amines is 1. The number of amides is 1. The molecule has 1 amide bonds. The van der Waals surface area contributed by atoms with Gasteiger partial charge in [0.05, 0.1) is 10.6 Å². The zero-order valence-corrected chi connectivity index (χ0v) is 14.3. The monoisotopic (exact) mass is 353 g/mol. The fourth-order valence-corrected chi connectivity index (χ4v) is 3.86. The van der Waals surface area contributed by atoms with Crippen LogP contribution in [0.1, 0.15) is 11.3 Å². The van der Waals surface area contributed by atoms with Crippen molar-refractivity contribution in [3.63, 3.8) is 0 Å². The first-order valence-electron chi connectivity index (χ1n) is 7.89. The van der Waals surface area contributed by atoms with Crippen LogP contribution in [0, 0.1) is 12.7 Å². The van der Waals surface area contributed by atoms with Gasteiger partial charge in [0.2, 0.25) is 0 Å². The molecule has 3 N–H and O–H groups in total. The van der Waals surface area contributed by atoms with E-state index in [2.05, 4.69) is 15.6 Å². The highest BCUT2D eigenvalue weighted by Crippen LogP contribution is 2.33. The second-order valence-electron chi connectivity index (χ2n) is 5.81. The minimum absolute atomic E-state index is 0.163. The van der Waals surface area contributed by atoms with Gasteiger partial charge in [0.15, 0.2) is 5.50 Å². The third-order valence-corrected chi connectivity index (χ3v) is 5.14. The number of hydrogen-bond acceptors (Lipinski definition) is 3. The molecular weight excluding hydrogens is 337 g/mol. The van der Waals surface area contributed by atoms with Gasteiger partial charge in [-0.15, -0.1) is 0 Å². The number of nitrogens with one attached hydrogen (secondary N) is 3. The molecule has 1 fully saturated rings. The number of halogens is 1. The maximum atomic E-state index is 13.8. The molecule has 3 aromatic rings. The van der Waals surface area contributed by atoms with Gasteiger partial charge < -0.3 is 15.6 Å². The number of carbonyl (C=O) groups is 1. The summed E-state index contributed by atoms with van der Waals surface area (Å²) in [5.74, 6) is -0.509. The number of thioether (sulfide) groups is 1. The third-order valence-electron chi connectivity index (χ3n) is 4.11. The number of H-pyrrole nitrogens is 1. The summed E-state index contributed by atoms with van der Waals surface area (Å²) in [7, 11) is 0. The van der Waals surface area contributed by atoms with Gasteiger partial charge in [-0.3, -0.25) is 4.79 Å². The van der Waals surface area contributed by atoms with Crippen molar-refractivity contribution < 1.29 is 9.18 Å². The first kappa shape index (κ1) is 15.8. The second-order valence-corrected chi connectivity index (χ2v) is 6.96. The molecule has 0 aliphatic carbocycles. The van der Waals surface area contributed by atoms with Crippen molar-refractivity contribution in [2.24, 2.45) is 0 Å². The van der Waals surface area contributed by atoms with E-state index in [0.717, 1.165) is 22.2 Å². The van der Waals surface area contributed by atoms with Crippen molar-refractivity contribution in [3.05, 3.63) is 70.5 Å². The Morgan fingerprint density at radius 1 is 1.16 bits per heavy atom. The Morgan fingerprint density at radius 3 is 2.76 bits per heavy atom. The van der Waals surface area contributed by atoms with Gasteiger partial charge in [-0.25, -0.2) is 4.39 Å². The number of benzene rings is 2. The molecule has 1 atom stereocenters. The number of anilines is 1. The molecule has 1 unspecified atom stereocenters. The molecule has 6 heteroatoms. The van der Waals surface area contributed by atoms with Gasteiger partial charge >= 0.3 is 0 Å². The van der Waals surface area contributed by atoms with E-state index in [-0.39, 0.29) is 11.7 Å². The SMILES string of the molecule is Cc1[nH]c2ccccc2c1/C=C1\SC(Nc2ccccc2F)NC1=O. The highest BCUT2D eigenvalue weighted by molar-refractivity contribution is 8.05. The van der Waals surface area contributed by atoms with Crippen molar-refractivity contribution >= 4 is 40.3 Å². The van der Waals surface area contributed by atoms with Crippen LogP contribution in [0.5, 0.6) is 0 Å². The van der Waals surface area contributed by atoms with Crippen LogP contribution in [0.15, 0.2) is 53.4 Å². The minimum Gasteiger partial charge on any atom is -0.358 e. The predicted molar refractivity (Wildman–Crippen MR) is 101 cm³/mol. The number of fused-ring (bicyclic) bond motifs is 1. The van der Waals surface area contributed by atoms with Crippen LogP contribution in [0.4, 0.5) is 10.1 Å². The van der Waals surface area contributed by atoms with E-state index in [0.29, 0.717) is 10.6 Å². The van der Waals surface area contributed by atoms with Gasteiger partial charge in [-0.2, -0.15) is 0 Å². The summed E-state index contributed by atoms with van der Waals surface area (Å²) in [5.41, 5.74) is 3.01. The maximum absolute atomic E-state index is 13.8. The largest absolute Gasteiger partial charge is 0.358 e. The number of aryl methyl sites for hydroxylation is 1. The van der Waals surface area contributed by atoms with Gasteiger partial charge in [0.25, 0.3) is 5.91 Å². The average molecular weight is 353 g/mol. The first-order chi connectivity index (χ1) is 12.1. The van der Waals surface area contributed by atoms with Gasteiger partial charge in [0.1, 0.15) is 5.82 Å². The van der Waals surface area contributed by atoms with Crippen LogP contribution in [0.25, 0.3) is 17.0 Å². The molecule has 1 aliphatic rings. The summed E-state index contributed by atoms with van der Waals surface area (Å²) in [5, 5.41) is 6.91. The molecule has 0 bridgehead atoms. The van der Waals surface area contributed by atoms with Crippen LogP contribution in [0.2, 0.25) is 0 Å².